The predicted octanol–water partition coefficient (Wildman–Crippen LogP) is 2.31. The minimum Gasteiger partial charge on any atom is -0.481 e. The molecule has 0 aromatic heterocycles. The van der Waals surface area contributed by atoms with Crippen molar-refractivity contribution in [3.8, 4) is 0 Å². The van der Waals surface area contributed by atoms with Gasteiger partial charge in [-0.1, -0.05) is 51.4 Å². The van der Waals surface area contributed by atoms with Crippen LogP contribution in [0.2, 0.25) is 0 Å². The van der Waals surface area contributed by atoms with E-state index in [9.17, 15) is 32.8 Å². The van der Waals surface area contributed by atoms with Gasteiger partial charge in [0.1, 0.15) is 5.41 Å². The first-order chi connectivity index (χ1) is 10.7. The normalized spacial score (nSPS) is 36.1. The highest BCUT2D eigenvalue weighted by Gasteiger charge is 2.90. The van der Waals surface area contributed by atoms with E-state index >= 15 is 0 Å². The molecule has 0 radical (unpaired) electrons. The Morgan fingerprint density at radius 1 is 0.826 bits per heavy atom. The molecule has 0 aliphatic heterocycles. The molecule has 132 valence electrons. The Morgan fingerprint density at radius 2 is 1.30 bits per heavy atom. The number of carboxylic acid groups (broad SMARTS) is 2. The standard InChI is InChI=1S/C15H24O7S/c16-12(17)14-10-8-6-4-2-1-3-5-7-9-11(14)15(14,13(18)19)23(20,21)22/h11H,1-10H2,(H,16,17)(H,18,19)(H,20,21,22). The highest BCUT2D eigenvalue weighted by atomic mass is 32.2. The number of hydrogen-bond donors (Lipinski definition) is 3. The Bertz CT molecular complexity index is 585. The average Bonchev–Trinajstić information content (AvgIpc) is 3.03. The first-order valence-corrected chi connectivity index (χ1v) is 9.60. The number of carbonyl (C=O) groups is 2. The lowest BCUT2D eigenvalue weighted by Crippen LogP contribution is -2.42. The van der Waals surface area contributed by atoms with Crippen LogP contribution in [0.4, 0.5) is 0 Å². The van der Waals surface area contributed by atoms with Crippen molar-refractivity contribution >= 4 is 22.1 Å². The van der Waals surface area contributed by atoms with E-state index in [2.05, 4.69) is 0 Å². The van der Waals surface area contributed by atoms with E-state index in [0.717, 1.165) is 38.5 Å². The minimum atomic E-state index is -5.03. The third-order valence-corrected chi connectivity index (χ3v) is 7.22. The van der Waals surface area contributed by atoms with Crippen LogP contribution in [0.25, 0.3) is 0 Å². The fourth-order valence-corrected chi connectivity index (χ4v) is 6.12. The Balaban J connectivity index is 2.44. The number of carboxylic acids is 2. The maximum atomic E-state index is 11.9. The first-order valence-electron chi connectivity index (χ1n) is 8.16. The monoisotopic (exact) mass is 348 g/mol. The van der Waals surface area contributed by atoms with Crippen molar-refractivity contribution < 1.29 is 32.8 Å². The highest BCUT2D eigenvalue weighted by molar-refractivity contribution is 7.88. The third kappa shape index (κ3) is 2.65. The number of hydrogen-bond acceptors (Lipinski definition) is 4. The van der Waals surface area contributed by atoms with E-state index in [1.165, 1.54) is 0 Å². The molecule has 3 unspecified atom stereocenters. The second-order valence-corrected chi connectivity index (χ2v) is 8.31. The molecule has 2 fully saturated rings. The Hall–Kier alpha value is -1.15. The van der Waals surface area contributed by atoms with Crippen molar-refractivity contribution in [2.45, 2.75) is 69.0 Å². The van der Waals surface area contributed by atoms with Gasteiger partial charge in [-0.25, -0.2) is 0 Å². The molecule has 0 aromatic carbocycles. The molecule has 8 heteroatoms. The second-order valence-electron chi connectivity index (χ2n) is 6.71. The summed E-state index contributed by atoms with van der Waals surface area (Å²) < 4.78 is 30.7. The highest BCUT2D eigenvalue weighted by Crippen LogP contribution is 2.71. The summed E-state index contributed by atoms with van der Waals surface area (Å²) in [7, 11) is -5.03. The summed E-state index contributed by atoms with van der Waals surface area (Å²) in [6.45, 7) is 0. The van der Waals surface area contributed by atoms with Gasteiger partial charge in [0.05, 0.1) is 0 Å². The maximum absolute atomic E-state index is 11.9. The predicted molar refractivity (Wildman–Crippen MR) is 81.6 cm³/mol. The van der Waals surface area contributed by atoms with Gasteiger partial charge in [0.15, 0.2) is 0 Å². The Kier molecular flexibility index (Phi) is 5.06. The second kappa shape index (κ2) is 6.39. The van der Waals surface area contributed by atoms with Gasteiger partial charge in [-0.2, -0.15) is 8.42 Å². The zero-order valence-corrected chi connectivity index (χ0v) is 13.8. The van der Waals surface area contributed by atoms with Crippen molar-refractivity contribution in [1.29, 1.82) is 0 Å². The van der Waals surface area contributed by atoms with Crippen LogP contribution in [0.1, 0.15) is 64.2 Å². The lowest BCUT2D eigenvalue weighted by molar-refractivity contribution is -0.148. The molecule has 2 saturated carbocycles. The van der Waals surface area contributed by atoms with E-state index in [1.54, 1.807) is 0 Å². The van der Waals surface area contributed by atoms with Gasteiger partial charge >= 0.3 is 11.9 Å². The molecule has 2 rings (SSSR count). The zero-order valence-electron chi connectivity index (χ0n) is 13.0. The zero-order chi connectivity index (χ0) is 17.3. The molecule has 3 atom stereocenters. The smallest absolute Gasteiger partial charge is 0.329 e. The van der Waals surface area contributed by atoms with Gasteiger partial charge < -0.3 is 10.2 Å². The van der Waals surface area contributed by atoms with Gasteiger partial charge in [-0.15, -0.1) is 0 Å². The summed E-state index contributed by atoms with van der Waals surface area (Å²) in [5, 5.41) is 19.2. The topological polar surface area (TPSA) is 129 Å². The maximum Gasteiger partial charge on any atom is 0.329 e. The van der Waals surface area contributed by atoms with Gasteiger partial charge in [0.25, 0.3) is 10.1 Å². The van der Waals surface area contributed by atoms with Crippen LogP contribution in [-0.2, 0) is 19.7 Å². The average molecular weight is 348 g/mol. The van der Waals surface area contributed by atoms with Gasteiger partial charge in [-0.05, 0) is 12.8 Å². The molecular weight excluding hydrogens is 324 g/mol. The van der Waals surface area contributed by atoms with Crippen molar-refractivity contribution in [3.05, 3.63) is 0 Å². The minimum absolute atomic E-state index is 0.0287. The van der Waals surface area contributed by atoms with Gasteiger partial charge in [-0.3, -0.25) is 14.1 Å². The molecule has 0 heterocycles. The summed E-state index contributed by atoms with van der Waals surface area (Å²) >= 11 is 0. The molecular formula is C15H24O7S. The van der Waals surface area contributed by atoms with Gasteiger partial charge in [0, 0.05) is 5.92 Å². The van der Waals surface area contributed by atoms with E-state index in [1.807, 2.05) is 0 Å². The van der Waals surface area contributed by atoms with Crippen LogP contribution in [0.5, 0.6) is 0 Å². The quantitative estimate of drug-likeness (QED) is 0.667. The molecule has 7 nitrogen and oxygen atoms in total. The summed E-state index contributed by atoms with van der Waals surface area (Å²) in [5.41, 5.74) is -1.91. The molecule has 23 heavy (non-hydrogen) atoms. The van der Waals surface area contributed by atoms with Crippen molar-refractivity contribution in [1.82, 2.24) is 0 Å². The van der Waals surface area contributed by atoms with Crippen LogP contribution in [0.15, 0.2) is 0 Å². The summed E-state index contributed by atoms with van der Waals surface area (Å²) in [5.74, 6) is -4.25. The van der Waals surface area contributed by atoms with E-state index in [-0.39, 0.29) is 12.8 Å². The largest absolute Gasteiger partial charge is 0.481 e. The van der Waals surface area contributed by atoms with E-state index in [4.69, 9.17) is 0 Å². The van der Waals surface area contributed by atoms with Crippen molar-refractivity contribution in [3.63, 3.8) is 0 Å². The molecule has 0 saturated heterocycles. The Labute approximate surface area is 135 Å². The van der Waals surface area contributed by atoms with Crippen molar-refractivity contribution in [2.75, 3.05) is 0 Å². The van der Waals surface area contributed by atoms with E-state index < -0.39 is 38.1 Å². The summed E-state index contributed by atoms with van der Waals surface area (Å²) in [6.07, 6.45) is 6.76. The molecule has 0 spiro atoms. The molecule has 3 N–H and O–H groups in total. The number of aliphatic carboxylic acids is 2. The van der Waals surface area contributed by atoms with Crippen molar-refractivity contribution in [2.24, 2.45) is 11.3 Å². The lowest BCUT2D eigenvalue weighted by atomic mass is 9.91. The summed E-state index contributed by atoms with van der Waals surface area (Å²) in [4.78, 5) is 23.6. The third-order valence-electron chi connectivity index (χ3n) is 5.59. The van der Waals surface area contributed by atoms with Crippen LogP contribution < -0.4 is 0 Å². The fourth-order valence-electron chi connectivity index (χ4n) is 4.48. The molecule has 2 aliphatic rings. The Morgan fingerprint density at radius 3 is 1.74 bits per heavy atom. The van der Waals surface area contributed by atoms with Crippen LogP contribution in [0.3, 0.4) is 0 Å². The first kappa shape index (κ1) is 18.2. The van der Waals surface area contributed by atoms with Gasteiger partial charge in [0.2, 0.25) is 4.75 Å². The SMILES string of the molecule is O=C(O)C12CCCCCCCCCCC1C2(C(=O)O)S(=O)(=O)O. The molecule has 0 aromatic rings. The lowest BCUT2D eigenvalue weighted by Gasteiger charge is -2.17. The molecule has 2 aliphatic carbocycles. The van der Waals surface area contributed by atoms with Crippen LogP contribution in [-0.4, -0.2) is 39.9 Å². The van der Waals surface area contributed by atoms with E-state index in [0.29, 0.717) is 12.8 Å². The molecule has 0 amide bonds. The number of fused-ring (bicyclic) bond motifs is 1. The number of rotatable bonds is 3. The fraction of sp³-hybridized carbons (Fsp3) is 0.867. The van der Waals surface area contributed by atoms with Crippen LogP contribution in [0, 0.1) is 11.3 Å². The molecule has 0 bridgehead atoms. The van der Waals surface area contributed by atoms with Crippen LogP contribution >= 0.6 is 0 Å². The summed E-state index contributed by atoms with van der Waals surface area (Å²) in [6, 6.07) is 0.